The van der Waals surface area contributed by atoms with Crippen molar-refractivity contribution in [2.24, 2.45) is 5.92 Å². The first-order valence-corrected chi connectivity index (χ1v) is 8.95. The van der Waals surface area contributed by atoms with E-state index in [0.717, 1.165) is 23.6 Å². The van der Waals surface area contributed by atoms with Crippen LogP contribution in [0.15, 0.2) is 24.3 Å². The monoisotopic (exact) mass is 291 g/mol. The molecule has 2 aliphatic rings. The molecule has 1 N–H and O–H groups in total. The quantitative estimate of drug-likeness (QED) is 0.894. The zero-order valence-corrected chi connectivity index (χ0v) is 13.1. The predicted octanol–water partition coefficient (Wildman–Crippen LogP) is 3.67. The Kier molecular flexibility index (Phi) is 4.90. The molecule has 0 atom stereocenters. The minimum absolute atomic E-state index is 0.726. The standard InChI is InChI=1S/C17H25NOS/c1-19-17-4-2-3-14(11-17)15-9-16(10-15)18-12-13-5-7-20-8-6-13/h2-4,11,13,15-16,18H,5-10,12H2,1H3. The summed E-state index contributed by atoms with van der Waals surface area (Å²) in [6, 6.07) is 9.30. The number of hydrogen-bond acceptors (Lipinski definition) is 3. The molecule has 1 aliphatic heterocycles. The van der Waals surface area contributed by atoms with Crippen molar-refractivity contribution in [1.29, 1.82) is 0 Å². The molecule has 0 amide bonds. The summed E-state index contributed by atoms with van der Waals surface area (Å²) in [4.78, 5) is 0. The van der Waals surface area contributed by atoms with Crippen molar-refractivity contribution in [3.8, 4) is 5.75 Å². The molecule has 2 nitrogen and oxygen atoms in total. The number of nitrogens with one attached hydrogen (secondary N) is 1. The Morgan fingerprint density at radius 2 is 2.05 bits per heavy atom. The maximum atomic E-state index is 5.31. The van der Waals surface area contributed by atoms with E-state index in [1.54, 1.807) is 7.11 Å². The molecule has 0 bridgehead atoms. The van der Waals surface area contributed by atoms with Crippen LogP contribution in [0, 0.1) is 5.92 Å². The molecule has 110 valence electrons. The van der Waals surface area contributed by atoms with Crippen molar-refractivity contribution in [1.82, 2.24) is 5.32 Å². The Morgan fingerprint density at radius 1 is 1.25 bits per heavy atom. The van der Waals surface area contributed by atoms with Crippen molar-refractivity contribution in [2.75, 3.05) is 25.2 Å². The summed E-state index contributed by atoms with van der Waals surface area (Å²) >= 11 is 2.11. The topological polar surface area (TPSA) is 21.3 Å². The van der Waals surface area contributed by atoms with Gasteiger partial charge in [-0.05, 0) is 73.3 Å². The Hall–Kier alpha value is -0.670. The third kappa shape index (κ3) is 3.50. The lowest BCUT2D eigenvalue weighted by atomic mass is 9.75. The Balaban J connectivity index is 1.41. The fraction of sp³-hybridized carbons (Fsp3) is 0.647. The van der Waals surface area contributed by atoms with Crippen LogP contribution < -0.4 is 10.1 Å². The maximum absolute atomic E-state index is 5.31. The largest absolute Gasteiger partial charge is 0.497 e. The summed E-state index contributed by atoms with van der Waals surface area (Å²) in [5.41, 5.74) is 1.44. The highest BCUT2D eigenvalue weighted by atomic mass is 32.2. The molecule has 0 unspecified atom stereocenters. The van der Waals surface area contributed by atoms with Crippen molar-refractivity contribution in [3.05, 3.63) is 29.8 Å². The molecule has 0 radical (unpaired) electrons. The van der Waals surface area contributed by atoms with E-state index >= 15 is 0 Å². The molecule has 1 aliphatic carbocycles. The summed E-state index contributed by atoms with van der Waals surface area (Å²) in [5, 5.41) is 3.78. The smallest absolute Gasteiger partial charge is 0.119 e. The van der Waals surface area contributed by atoms with Gasteiger partial charge in [0.05, 0.1) is 7.11 Å². The van der Waals surface area contributed by atoms with E-state index in [0.29, 0.717) is 0 Å². The summed E-state index contributed by atoms with van der Waals surface area (Å²) in [6.07, 6.45) is 5.39. The van der Waals surface area contributed by atoms with Gasteiger partial charge >= 0.3 is 0 Å². The van der Waals surface area contributed by atoms with Gasteiger partial charge in [0.25, 0.3) is 0 Å². The molecule has 1 aromatic carbocycles. The minimum atomic E-state index is 0.726. The third-order valence-corrected chi connectivity index (χ3v) is 5.79. The van der Waals surface area contributed by atoms with E-state index in [1.807, 2.05) is 6.07 Å². The molecule has 3 heteroatoms. The summed E-state index contributed by atoms with van der Waals surface area (Å²) in [7, 11) is 1.74. The van der Waals surface area contributed by atoms with Crippen LogP contribution in [0.3, 0.4) is 0 Å². The Labute approximate surface area is 126 Å². The second-order valence-corrected chi connectivity index (χ2v) is 7.33. The van der Waals surface area contributed by atoms with Crippen molar-refractivity contribution in [2.45, 2.75) is 37.6 Å². The number of thioether (sulfide) groups is 1. The molecule has 0 aromatic heterocycles. The molecule has 0 spiro atoms. The molecule has 20 heavy (non-hydrogen) atoms. The molecule has 1 saturated carbocycles. The van der Waals surface area contributed by atoms with Gasteiger partial charge < -0.3 is 10.1 Å². The second-order valence-electron chi connectivity index (χ2n) is 6.11. The number of rotatable bonds is 5. The fourth-order valence-electron chi connectivity index (χ4n) is 3.24. The van der Waals surface area contributed by atoms with Gasteiger partial charge in [-0.15, -0.1) is 0 Å². The zero-order valence-electron chi connectivity index (χ0n) is 12.3. The van der Waals surface area contributed by atoms with Crippen LogP contribution in [0.1, 0.15) is 37.2 Å². The van der Waals surface area contributed by atoms with Crippen LogP contribution in [0.5, 0.6) is 5.75 Å². The molecule has 3 rings (SSSR count). The van der Waals surface area contributed by atoms with E-state index in [9.17, 15) is 0 Å². The van der Waals surface area contributed by atoms with Crippen molar-refractivity contribution < 1.29 is 4.74 Å². The summed E-state index contributed by atoms with van der Waals surface area (Å²) in [6.45, 7) is 1.23. The lowest BCUT2D eigenvalue weighted by molar-refractivity contribution is 0.271. The van der Waals surface area contributed by atoms with Gasteiger partial charge in [-0.1, -0.05) is 12.1 Å². The van der Waals surface area contributed by atoms with Gasteiger partial charge in [-0.3, -0.25) is 0 Å². The number of hydrogen-bond donors (Lipinski definition) is 1. The van der Waals surface area contributed by atoms with Crippen LogP contribution in [-0.2, 0) is 0 Å². The second kappa shape index (κ2) is 6.86. The first-order chi connectivity index (χ1) is 9.85. The molecule has 1 saturated heterocycles. The Morgan fingerprint density at radius 3 is 2.80 bits per heavy atom. The first kappa shape index (κ1) is 14.3. The number of methoxy groups -OCH3 is 1. The molecular formula is C17H25NOS. The van der Waals surface area contributed by atoms with Crippen LogP contribution in [0.25, 0.3) is 0 Å². The van der Waals surface area contributed by atoms with E-state index in [4.69, 9.17) is 4.74 Å². The van der Waals surface area contributed by atoms with Crippen LogP contribution in [0.2, 0.25) is 0 Å². The third-order valence-electron chi connectivity index (χ3n) is 4.74. The lowest BCUT2D eigenvalue weighted by Crippen LogP contribution is -2.42. The highest BCUT2D eigenvalue weighted by molar-refractivity contribution is 7.99. The van der Waals surface area contributed by atoms with Gasteiger partial charge in [-0.25, -0.2) is 0 Å². The highest BCUT2D eigenvalue weighted by Gasteiger charge is 2.30. The Bertz CT molecular complexity index is 425. The minimum Gasteiger partial charge on any atom is -0.497 e. The highest BCUT2D eigenvalue weighted by Crippen LogP contribution is 2.38. The number of ether oxygens (including phenoxy) is 1. The SMILES string of the molecule is COc1cccc(C2CC(NCC3CCSCC3)C2)c1. The average Bonchev–Trinajstić information content (AvgIpc) is 2.47. The molecule has 1 heterocycles. The lowest BCUT2D eigenvalue weighted by Gasteiger charge is -2.37. The molecule has 1 aromatic rings. The summed E-state index contributed by atoms with van der Waals surface area (Å²) in [5.74, 6) is 5.36. The van der Waals surface area contributed by atoms with Crippen molar-refractivity contribution in [3.63, 3.8) is 0 Å². The zero-order chi connectivity index (χ0) is 13.8. The van der Waals surface area contributed by atoms with E-state index in [1.165, 1.54) is 49.3 Å². The van der Waals surface area contributed by atoms with E-state index in [2.05, 4.69) is 35.3 Å². The first-order valence-electron chi connectivity index (χ1n) is 7.80. The van der Waals surface area contributed by atoms with Gasteiger partial charge in [0.2, 0.25) is 0 Å². The van der Waals surface area contributed by atoms with Gasteiger partial charge in [0.15, 0.2) is 0 Å². The van der Waals surface area contributed by atoms with Crippen LogP contribution >= 0.6 is 11.8 Å². The molecular weight excluding hydrogens is 266 g/mol. The van der Waals surface area contributed by atoms with Gasteiger partial charge in [0, 0.05) is 6.04 Å². The van der Waals surface area contributed by atoms with Gasteiger partial charge in [-0.2, -0.15) is 11.8 Å². The summed E-state index contributed by atoms with van der Waals surface area (Å²) < 4.78 is 5.31. The van der Waals surface area contributed by atoms with Crippen molar-refractivity contribution >= 4 is 11.8 Å². The maximum Gasteiger partial charge on any atom is 0.119 e. The predicted molar refractivity (Wildman–Crippen MR) is 86.8 cm³/mol. The number of benzene rings is 1. The fourth-order valence-corrected chi connectivity index (χ4v) is 4.44. The van der Waals surface area contributed by atoms with E-state index in [-0.39, 0.29) is 0 Å². The molecule has 2 fully saturated rings. The normalized spacial score (nSPS) is 27.1. The van der Waals surface area contributed by atoms with Gasteiger partial charge in [0.1, 0.15) is 5.75 Å². The average molecular weight is 291 g/mol. The van der Waals surface area contributed by atoms with Crippen LogP contribution in [0.4, 0.5) is 0 Å². The van der Waals surface area contributed by atoms with Crippen LogP contribution in [-0.4, -0.2) is 31.2 Å². The van der Waals surface area contributed by atoms with E-state index < -0.39 is 0 Å².